The molecule has 52 valence electrons. The molecular formula is C8H14O. The first-order valence-electron chi connectivity index (χ1n) is 3.41. The van der Waals surface area contributed by atoms with Gasteiger partial charge in [-0.15, -0.1) is 0 Å². The van der Waals surface area contributed by atoms with Gasteiger partial charge in [-0.05, 0) is 12.3 Å². The van der Waals surface area contributed by atoms with E-state index in [0.717, 1.165) is 12.7 Å². The summed E-state index contributed by atoms with van der Waals surface area (Å²) in [4.78, 5) is 9.94. The highest BCUT2D eigenvalue weighted by Crippen LogP contribution is 2.00. The van der Waals surface area contributed by atoms with Gasteiger partial charge in [-0.1, -0.05) is 26.0 Å². The Labute approximate surface area is 56.8 Å². The van der Waals surface area contributed by atoms with E-state index in [0.29, 0.717) is 12.3 Å². The second-order valence-corrected chi connectivity index (χ2v) is 2.22. The highest BCUT2D eigenvalue weighted by atomic mass is 16.1. The Bertz CT molecular complexity index is 94.7. The molecule has 0 aliphatic rings. The van der Waals surface area contributed by atoms with Crippen molar-refractivity contribution in [2.75, 3.05) is 0 Å². The number of rotatable bonds is 4. The molecule has 0 aromatic rings. The third kappa shape index (κ3) is 5.28. The van der Waals surface area contributed by atoms with Gasteiger partial charge in [-0.3, -0.25) is 0 Å². The highest BCUT2D eigenvalue weighted by molar-refractivity contribution is 5.50. The van der Waals surface area contributed by atoms with Crippen LogP contribution in [0.25, 0.3) is 0 Å². The smallest absolute Gasteiger partial charge is 0.120 e. The number of carbonyl (C=O) groups excluding carboxylic acids is 1. The molecule has 9 heavy (non-hydrogen) atoms. The molecule has 0 saturated carbocycles. The minimum atomic E-state index is 0.419. The van der Waals surface area contributed by atoms with Crippen LogP contribution in [0.3, 0.4) is 0 Å². The van der Waals surface area contributed by atoms with Crippen molar-refractivity contribution in [2.45, 2.75) is 26.7 Å². The highest BCUT2D eigenvalue weighted by Gasteiger charge is 1.91. The lowest BCUT2D eigenvalue weighted by atomic mass is 10.1. The number of aldehydes is 1. The number of hydrogen-bond donors (Lipinski definition) is 0. The summed E-state index contributed by atoms with van der Waals surface area (Å²) in [6.07, 6.45) is 6.84. The Balaban J connectivity index is 3.35. The van der Waals surface area contributed by atoms with Crippen LogP contribution in [0.4, 0.5) is 0 Å². The van der Waals surface area contributed by atoms with E-state index in [1.54, 1.807) is 0 Å². The molecule has 0 aliphatic carbocycles. The third-order valence-corrected chi connectivity index (χ3v) is 1.17. The van der Waals surface area contributed by atoms with Crippen molar-refractivity contribution in [3.05, 3.63) is 12.2 Å². The van der Waals surface area contributed by atoms with Gasteiger partial charge in [0.1, 0.15) is 6.29 Å². The Kier molecular flexibility index (Phi) is 5.18. The lowest BCUT2D eigenvalue weighted by Crippen LogP contribution is -1.88. The molecule has 0 aromatic heterocycles. The molecule has 0 aromatic carbocycles. The SMILES string of the molecule is CC/C=C\[C@H](C)CC=O. The number of hydrogen-bond acceptors (Lipinski definition) is 1. The molecule has 0 radical (unpaired) electrons. The average Bonchev–Trinajstić information content (AvgIpc) is 1.85. The summed E-state index contributed by atoms with van der Waals surface area (Å²) in [6.45, 7) is 4.13. The van der Waals surface area contributed by atoms with Gasteiger partial charge in [-0.25, -0.2) is 0 Å². The third-order valence-electron chi connectivity index (χ3n) is 1.17. The fourth-order valence-electron chi connectivity index (χ4n) is 0.599. The Morgan fingerprint density at radius 1 is 1.56 bits per heavy atom. The molecule has 0 fully saturated rings. The molecule has 0 amide bonds. The first-order valence-corrected chi connectivity index (χ1v) is 3.41. The van der Waals surface area contributed by atoms with Crippen molar-refractivity contribution in [1.29, 1.82) is 0 Å². The Morgan fingerprint density at radius 3 is 2.67 bits per heavy atom. The van der Waals surface area contributed by atoms with Gasteiger partial charge in [0.15, 0.2) is 0 Å². The lowest BCUT2D eigenvalue weighted by molar-refractivity contribution is -0.108. The van der Waals surface area contributed by atoms with Gasteiger partial charge in [0.25, 0.3) is 0 Å². The molecule has 0 unspecified atom stereocenters. The van der Waals surface area contributed by atoms with E-state index in [2.05, 4.69) is 19.1 Å². The first-order chi connectivity index (χ1) is 4.31. The van der Waals surface area contributed by atoms with Crippen LogP contribution in [-0.4, -0.2) is 6.29 Å². The second-order valence-electron chi connectivity index (χ2n) is 2.22. The maximum absolute atomic E-state index is 9.94. The van der Waals surface area contributed by atoms with Crippen molar-refractivity contribution in [3.8, 4) is 0 Å². The van der Waals surface area contributed by atoms with Crippen LogP contribution in [0.1, 0.15) is 26.7 Å². The van der Waals surface area contributed by atoms with Crippen LogP contribution in [0.2, 0.25) is 0 Å². The zero-order chi connectivity index (χ0) is 7.11. The van der Waals surface area contributed by atoms with Crippen LogP contribution >= 0.6 is 0 Å². The minimum Gasteiger partial charge on any atom is -0.303 e. The van der Waals surface area contributed by atoms with Gasteiger partial charge in [-0.2, -0.15) is 0 Å². The fraction of sp³-hybridized carbons (Fsp3) is 0.625. The van der Waals surface area contributed by atoms with Gasteiger partial charge in [0.05, 0.1) is 0 Å². The molecule has 0 bridgehead atoms. The summed E-state index contributed by atoms with van der Waals surface area (Å²) in [6, 6.07) is 0. The van der Waals surface area contributed by atoms with E-state index < -0.39 is 0 Å². The standard InChI is InChI=1S/C8H14O/c1-3-4-5-8(2)6-7-9/h4-5,7-8H,3,6H2,1-2H3/b5-4-/t8-/m0/s1. The van der Waals surface area contributed by atoms with Gasteiger partial charge in [0, 0.05) is 6.42 Å². The van der Waals surface area contributed by atoms with Crippen LogP contribution in [0.15, 0.2) is 12.2 Å². The summed E-state index contributed by atoms with van der Waals surface area (Å²) in [5, 5.41) is 0. The first kappa shape index (κ1) is 8.41. The largest absolute Gasteiger partial charge is 0.303 e. The molecule has 0 heterocycles. The van der Waals surface area contributed by atoms with Crippen LogP contribution in [0, 0.1) is 5.92 Å². The Morgan fingerprint density at radius 2 is 2.22 bits per heavy atom. The molecule has 0 spiro atoms. The van der Waals surface area contributed by atoms with Crippen molar-refractivity contribution >= 4 is 6.29 Å². The molecule has 1 atom stereocenters. The zero-order valence-electron chi connectivity index (χ0n) is 6.13. The Hall–Kier alpha value is -0.590. The predicted octanol–water partition coefficient (Wildman–Crippen LogP) is 2.18. The molecule has 0 rings (SSSR count). The molecule has 0 N–H and O–H groups in total. The maximum Gasteiger partial charge on any atom is 0.120 e. The van der Waals surface area contributed by atoms with Gasteiger partial charge in [0.2, 0.25) is 0 Å². The van der Waals surface area contributed by atoms with Crippen LogP contribution in [-0.2, 0) is 4.79 Å². The molecule has 0 aliphatic heterocycles. The van der Waals surface area contributed by atoms with Gasteiger partial charge < -0.3 is 4.79 Å². The van der Waals surface area contributed by atoms with Crippen molar-refractivity contribution in [1.82, 2.24) is 0 Å². The quantitative estimate of drug-likeness (QED) is 0.417. The van der Waals surface area contributed by atoms with E-state index in [1.807, 2.05) is 6.92 Å². The van der Waals surface area contributed by atoms with Crippen molar-refractivity contribution in [2.24, 2.45) is 5.92 Å². The van der Waals surface area contributed by atoms with Crippen LogP contribution < -0.4 is 0 Å². The molecule has 1 heteroatoms. The van der Waals surface area contributed by atoms with Crippen molar-refractivity contribution < 1.29 is 4.79 Å². The minimum absolute atomic E-state index is 0.419. The van der Waals surface area contributed by atoms with E-state index in [9.17, 15) is 4.79 Å². The van der Waals surface area contributed by atoms with Crippen LogP contribution in [0.5, 0.6) is 0 Å². The topological polar surface area (TPSA) is 17.1 Å². The summed E-state index contributed by atoms with van der Waals surface area (Å²) in [7, 11) is 0. The number of allylic oxidation sites excluding steroid dienone is 2. The van der Waals surface area contributed by atoms with E-state index in [4.69, 9.17) is 0 Å². The van der Waals surface area contributed by atoms with E-state index in [1.165, 1.54) is 0 Å². The summed E-state index contributed by atoms with van der Waals surface area (Å²) >= 11 is 0. The molecule has 0 saturated heterocycles. The lowest BCUT2D eigenvalue weighted by Gasteiger charge is -1.96. The zero-order valence-corrected chi connectivity index (χ0v) is 6.13. The van der Waals surface area contributed by atoms with Crippen molar-refractivity contribution in [3.63, 3.8) is 0 Å². The monoisotopic (exact) mass is 126 g/mol. The molecular weight excluding hydrogens is 112 g/mol. The summed E-state index contributed by atoms with van der Waals surface area (Å²) < 4.78 is 0. The summed E-state index contributed by atoms with van der Waals surface area (Å²) in [5.74, 6) is 0.419. The van der Waals surface area contributed by atoms with E-state index >= 15 is 0 Å². The predicted molar refractivity (Wildman–Crippen MR) is 39.3 cm³/mol. The number of carbonyl (C=O) groups is 1. The average molecular weight is 126 g/mol. The summed E-state index contributed by atoms with van der Waals surface area (Å²) in [5.41, 5.74) is 0. The molecule has 1 nitrogen and oxygen atoms in total. The van der Waals surface area contributed by atoms with Gasteiger partial charge >= 0.3 is 0 Å². The maximum atomic E-state index is 9.94. The van der Waals surface area contributed by atoms with E-state index in [-0.39, 0.29) is 0 Å². The second kappa shape index (κ2) is 5.54. The normalized spacial score (nSPS) is 14.0. The fourth-order valence-corrected chi connectivity index (χ4v) is 0.599.